The molecule has 1 aromatic heterocycles. The van der Waals surface area contributed by atoms with Gasteiger partial charge in [0.05, 0.1) is 6.04 Å². The molecule has 5 heteroatoms. The SMILES string of the molecule is CC(NCc1ccc2c(c1)CCCN2C)c1nncn1C. The second-order valence-electron chi connectivity index (χ2n) is 5.89. The highest BCUT2D eigenvalue weighted by Gasteiger charge is 2.14. The van der Waals surface area contributed by atoms with Crippen molar-refractivity contribution in [3.63, 3.8) is 0 Å². The molecule has 5 nitrogen and oxygen atoms in total. The minimum Gasteiger partial charge on any atom is -0.374 e. The number of nitrogens with zero attached hydrogens (tertiary/aromatic N) is 4. The molecule has 1 aliphatic rings. The maximum Gasteiger partial charge on any atom is 0.149 e. The molecule has 21 heavy (non-hydrogen) atoms. The molecule has 1 N–H and O–H groups in total. The molecule has 0 saturated heterocycles. The van der Waals surface area contributed by atoms with Crippen LogP contribution in [0.2, 0.25) is 0 Å². The normalized spacial score (nSPS) is 15.9. The summed E-state index contributed by atoms with van der Waals surface area (Å²) < 4.78 is 1.96. The average molecular weight is 285 g/mol. The molecule has 2 heterocycles. The predicted molar refractivity (Wildman–Crippen MR) is 84.3 cm³/mol. The molecule has 1 atom stereocenters. The summed E-state index contributed by atoms with van der Waals surface area (Å²) in [6.07, 6.45) is 4.17. The number of nitrogens with one attached hydrogen (secondary N) is 1. The predicted octanol–water partition coefficient (Wildman–Crippen LogP) is 2.05. The quantitative estimate of drug-likeness (QED) is 0.934. The fourth-order valence-corrected chi connectivity index (χ4v) is 2.99. The molecule has 1 unspecified atom stereocenters. The van der Waals surface area contributed by atoms with Crippen LogP contribution in [0.1, 0.15) is 36.3 Å². The van der Waals surface area contributed by atoms with E-state index in [0.29, 0.717) is 0 Å². The molecule has 3 rings (SSSR count). The van der Waals surface area contributed by atoms with Gasteiger partial charge in [-0.15, -0.1) is 10.2 Å². The van der Waals surface area contributed by atoms with Crippen molar-refractivity contribution in [2.45, 2.75) is 32.4 Å². The van der Waals surface area contributed by atoms with E-state index >= 15 is 0 Å². The molecular weight excluding hydrogens is 262 g/mol. The van der Waals surface area contributed by atoms with Gasteiger partial charge in [-0.2, -0.15) is 0 Å². The maximum atomic E-state index is 4.15. The van der Waals surface area contributed by atoms with E-state index in [1.165, 1.54) is 29.7 Å². The summed E-state index contributed by atoms with van der Waals surface area (Å²) >= 11 is 0. The molecule has 0 saturated carbocycles. The molecule has 0 bridgehead atoms. The minimum absolute atomic E-state index is 0.191. The van der Waals surface area contributed by atoms with Crippen LogP contribution < -0.4 is 10.2 Å². The summed E-state index contributed by atoms with van der Waals surface area (Å²) in [6, 6.07) is 6.99. The second kappa shape index (κ2) is 5.85. The van der Waals surface area contributed by atoms with E-state index in [1.54, 1.807) is 6.33 Å². The highest BCUT2D eigenvalue weighted by atomic mass is 15.3. The second-order valence-corrected chi connectivity index (χ2v) is 5.89. The van der Waals surface area contributed by atoms with Crippen LogP contribution in [0.5, 0.6) is 0 Å². The smallest absolute Gasteiger partial charge is 0.149 e. The largest absolute Gasteiger partial charge is 0.374 e. The Morgan fingerprint density at radius 3 is 2.95 bits per heavy atom. The van der Waals surface area contributed by atoms with E-state index in [9.17, 15) is 0 Å². The monoisotopic (exact) mass is 285 g/mol. The zero-order valence-electron chi connectivity index (χ0n) is 13.0. The first-order chi connectivity index (χ1) is 10.1. The van der Waals surface area contributed by atoms with Gasteiger partial charge in [-0.1, -0.05) is 12.1 Å². The number of hydrogen-bond donors (Lipinski definition) is 1. The zero-order chi connectivity index (χ0) is 14.8. The van der Waals surface area contributed by atoms with Crippen molar-refractivity contribution >= 4 is 5.69 Å². The fraction of sp³-hybridized carbons (Fsp3) is 0.500. The lowest BCUT2D eigenvalue weighted by atomic mass is 9.99. The van der Waals surface area contributed by atoms with Crippen molar-refractivity contribution in [1.29, 1.82) is 0 Å². The number of benzene rings is 1. The molecule has 1 aromatic carbocycles. The third-order valence-electron chi connectivity index (χ3n) is 4.24. The van der Waals surface area contributed by atoms with Gasteiger partial charge in [-0.25, -0.2) is 0 Å². The van der Waals surface area contributed by atoms with Gasteiger partial charge in [0.25, 0.3) is 0 Å². The standard InChI is InChI=1S/C16H23N5/c1-12(16-19-18-11-21(16)3)17-10-13-6-7-15-14(9-13)5-4-8-20(15)2/h6-7,9,11-12,17H,4-5,8,10H2,1-3H3. The van der Waals surface area contributed by atoms with E-state index in [2.05, 4.69) is 52.6 Å². The minimum atomic E-state index is 0.191. The molecule has 2 aromatic rings. The Hall–Kier alpha value is -1.88. The van der Waals surface area contributed by atoms with Crippen molar-refractivity contribution in [3.8, 4) is 0 Å². The Morgan fingerprint density at radius 2 is 2.19 bits per heavy atom. The average Bonchev–Trinajstić information content (AvgIpc) is 2.91. The van der Waals surface area contributed by atoms with Gasteiger partial charge in [0, 0.05) is 32.9 Å². The highest BCUT2D eigenvalue weighted by Crippen LogP contribution is 2.26. The number of aryl methyl sites for hydroxylation is 2. The lowest BCUT2D eigenvalue weighted by Gasteiger charge is -2.28. The highest BCUT2D eigenvalue weighted by molar-refractivity contribution is 5.56. The Morgan fingerprint density at radius 1 is 1.33 bits per heavy atom. The third kappa shape index (κ3) is 2.93. The van der Waals surface area contributed by atoms with Crippen LogP contribution in [0.25, 0.3) is 0 Å². The van der Waals surface area contributed by atoms with Gasteiger partial charge in [0.2, 0.25) is 0 Å². The molecule has 0 radical (unpaired) electrons. The van der Waals surface area contributed by atoms with Crippen LogP contribution in [-0.2, 0) is 20.0 Å². The Kier molecular flexibility index (Phi) is 3.92. The van der Waals surface area contributed by atoms with Crippen LogP contribution in [0.15, 0.2) is 24.5 Å². The van der Waals surface area contributed by atoms with Crippen LogP contribution >= 0.6 is 0 Å². The van der Waals surface area contributed by atoms with Crippen LogP contribution in [0.3, 0.4) is 0 Å². The van der Waals surface area contributed by atoms with Gasteiger partial charge in [-0.3, -0.25) is 0 Å². The van der Waals surface area contributed by atoms with Crippen LogP contribution in [-0.4, -0.2) is 28.4 Å². The third-order valence-corrected chi connectivity index (χ3v) is 4.24. The first-order valence-electron chi connectivity index (χ1n) is 7.55. The van der Waals surface area contributed by atoms with Crippen molar-refractivity contribution in [2.24, 2.45) is 7.05 Å². The van der Waals surface area contributed by atoms with E-state index in [0.717, 1.165) is 18.9 Å². The Labute approximate surface area is 126 Å². The molecule has 0 spiro atoms. The summed E-state index contributed by atoms with van der Waals surface area (Å²) in [4.78, 5) is 2.35. The summed E-state index contributed by atoms with van der Waals surface area (Å²) in [7, 11) is 4.15. The van der Waals surface area contributed by atoms with E-state index < -0.39 is 0 Å². The Bertz CT molecular complexity index is 619. The molecule has 112 valence electrons. The lowest BCUT2D eigenvalue weighted by Crippen LogP contribution is -2.25. The molecule has 0 amide bonds. The molecular formula is C16H23N5. The topological polar surface area (TPSA) is 46.0 Å². The van der Waals surface area contributed by atoms with E-state index in [-0.39, 0.29) is 6.04 Å². The lowest BCUT2D eigenvalue weighted by molar-refractivity contribution is 0.528. The summed E-state index contributed by atoms with van der Waals surface area (Å²) in [5.74, 6) is 0.965. The van der Waals surface area contributed by atoms with Gasteiger partial charge in [0.1, 0.15) is 12.2 Å². The molecule has 0 fully saturated rings. The first kappa shape index (κ1) is 14.1. The van der Waals surface area contributed by atoms with Gasteiger partial charge in [-0.05, 0) is 37.0 Å². The molecule has 1 aliphatic heterocycles. The number of anilines is 1. The maximum absolute atomic E-state index is 4.15. The Balaban J connectivity index is 1.67. The number of rotatable bonds is 4. The van der Waals surface area contributed by atoms with Crippen LogP contribution in [0.4, 0.5) is 5.69 Å². The number of aromatic nitrogens is 3. The van der Waals surface area contributed by atoms with Gasteiger partial charge >= 0.3 is 0 Å². The van der Waals surface area contributed by atoms with E-state index in [4.69, 9.17) is 0 Å². The summed E-state index contributed by atoms with van der Waals surface area (Å²) in [6.45, 7) is 4.13. The summed E-state index contributed by atoms with van der Waals surface area (Å²) in [5.41, 5.74) is 4.18. The van der Waals surface area contributed by atoms with Crippen LogP contribution in [0, 0.1) is 0 Å². The van der Waals surface area contributed by atoms with Crippen molar-refractivity contribution in [3.05, 3.63) is 41.5 Å². The number of fused-ring (bicyclic) bond motifs is 1. The van der Waals surface area contributed by atoms with Crippen molar-refractivity contribution in [2.75, 3.05) is 18.5 Å². The van der Waals surface area contributed by atoms with Crippen molar-refractivity contribution < 1.29 is 0 Å². The van der Waals surface area contributed by atoms with Gasteiger partial charge < -0.3 is 14.8 Å². The molecule has 0 aliphatic carbocycles. The van der Waals surface area contributed by atoms with E-state index in [1.807, 2.05) is 11.6 Å². The number of hydrogen-bond acceptors (Lipinski definition) is 4. The first-order valence-corrected chi connectivity index (χ1v) is 7.55. The summed E-state index contributed by atoms with van der Waals surface area (Å²) in [5, 5.41) is 11.6. The fourth-order valence-electron chi connectivity index (χ4n) is 2.99. The zero-order valence-corrected chi connectivity index (χ0v) is 13.0. The van der Waals surface area contributed by atoms with Crippen molar-refractivity contribution in [1.82, 2.24) is 20.1 Å². The van der Waals surface area contributed by atoms with Gasteiger partial charge in [0.15, 0.2) is 0 Å².